The van der Waals surface area contributed by atoms with E-state index in [-0.39, 0.29) is 18.5 Å². The number of carbonyl (C=O) groups is 1. The highest BCUT2D eigenvalue weighted by Crippen LogP contribution is 2.36. The number of pyridine rings is 1. The molecule has 6 nitrogen and oxygen atoms in total. The van der Waals surface area contributed by atoms with Crippen LogP contribution in [0.15, 0.2) is 54.6 Å². The van der Waals surface area contributed by atoms with Gasteiger partial charge in [-0.15, -0.1) is 0 Å². The van der Waals surface area contributed by atoms with Gasteiger partial charge in [-0.1, -0.05) is 48.5 Å². The predicted molar refractivity (Wildman–Crippen MR) is 121 cm³/mol. The summed E-state index contributed by atoms with van der Waals surface area (Å²) in [5.41, 5.74) is 3.67. The number of carbonyl (C=O) groups excluding carboxylic acids is 1. The zero-order valence-corrected chi connectivity index (χ0v) is 17.7. The van der Waals surface area contributed by atoms with Crippen molar-refractivity contribution < 1.29 is 9.90 Å². The van der Waals surface area contributed by atoms with E-state index in [1.54, 1.807) is 0 Å². The predicted octanol–water partition coefficient (Wildman–Crippen LogP) is 3.22. The zero-order chi connectivity index (χ0) is 21.3. The van der Waals surface area contributed by atoms with E-state index in [0.29, 0.717) is 0 Å². The molecule has 2 heterocycles. The molecule has 2 N–H and O–H groups in total. The van der Waals surface area contributed by atoms with E-state index in [4.69, 9.17) is 4.98 Å². The Morgan fingerprint density at radius 3 is 2.67 bits per heavy atom. The lowest BCUT2D eigenvalue weighted by atomic mass is 10.0. The van der Waals surface area contributed by atoms with Crippen molar-refractivity contribution in [3.8, 4) is 0 Å². The van der Waals surface area contributed by atoms with Crippen molar-refractivity contribution in [2.75, 3.05) is 37.4 Å². The second-order valence-electron chi connectivity index (χ2n) is 8.04. The average Bonchev–Trinajstić information content (AvgIpc) is 3.13. The molecule has 1 aromatic heterocycles. The molecular formula is C24H28N4O2. The molecule has 0 saturated carbocycles. The van der Waals surface area contributed by atoms with Crippen molar-refractivity contribution in [2.24, 2.45) is 0 Å². The number of anilines is 2. The third-order valence-corrected chi connectivity index (χ3v) is 5.98. The van der Waals surface area contributed by atoms with Crippen LogP contribution in [0.25, 0.3) is 10.9 Å². The van der Waals surface area contributed by atoms with E-state index in [1.165, 1.54) is 0 Å². The van der Waals surface area contributed by atoms with E-state index in [9.17, 15) is 9.90 Å². The van der Waals surface area contributed by atoms with Gasteiger partial charge in [0.15, 0.2) is 0 Å². The molecule has 1 amide bonds. The Morgan fingerprint density at radius 1 is 1.20 bits per heavy atom. The van der Waals surface area contributed by atoms with E-state index < -0.39 is 6.10 Å². The van der Waals surface area contributed by atoms with Crippen LogP contribution in [0.5, 0.6) is 0 Å². The summed E-state index contributed by atoms with van der Waals surface area (Å²) in [5.74, 6) is 0.836. The lowest BCUT2D eigenvalue weighted by Gasteiger charge is -2.28. The first-order chi connectivity index (χ1) is 14.5. The maximum atomic E-state index is 12.9. The van der Waals surface area contributed by atoms with Crippen LogP contribution in [0.2, 0.25) is 0 Å². The molecule has 1 aliphatic rings. The van der Waals surface area contributed by atoms with Crippen LogP contribution in [-0.2, 0) is 11.2 Å². The van der Waals surface area contributed by atoms with Gasteiger partial charge in [0.25, 0.3) is 0 Å². The van der Waals surface area contributed by atoms with Crippen LogP contribution < -0.4 is 10.2 Å². The number of aromatic nitrogens is 1. The summed E-state index contributed by atoms with van der Waals surface area (Å²) in [6, 6.07) is 17.2. The van der Waals surface area contributed by atoms with Gasteiger partial charge in [0.1, 0.15) is 5.82 Å². The summed E-state index contributed by atoms with van der Waals surface area (Å²) < 4.78 is 0. The monoisotopic (exact) mass is 404 g/mol. The Morgan fingerprint density at radius 2 is 1.90 bits per heavy atom. The van der Waals surface area contributed by atoms with Gasteiger partial charge in [-0.3, -0.25) is 9.69 Å². The van der Waals surface area contributed by atoms with Crippen molar-refractivity contribution in [2.45, 2.75) is 25.5 Å². The molecule has 0 radical (unpaired) electrons. The van der Waals surface area contributed by atoms with Crippen LogP contribution >= 0.6 is 0 Å². The lowest BCUT2D eigenvalue weighted by Crippen LogP contribution is -2.39. The Bertz CT molecular complexity index is 1050. The number of nitrogens with one attached hydrogen (secondary N) is 1. The standard InChI is InChI=1S/C24H28N4O2/c1-16(23(30)17-9-5-4-6-10-17)28(3)15-21(29)26-22-18-11-7-8-12-20(18)25-24-19(22)13-14-27(24)2/h4-12,16,23,30H,13-15H2,1-3H3,(H,25,26,29). The quantitative estimate of drug-likeness (QED) is 0.660. The third kappa shape index (κ3) is 3.88. The van der Waals surface area contributed by atoms with Crippen LogP contribution in [0.1, 0.15) is 24.2 Å². The molecule has 6 heteroatoms. The Balaban J connectivity index is 1.53. The molecule has 1 aliphatic heterocycles. The largest absolute Gasteiger partial charge is 0.387 e. The van der Waals surface area contributed by atoms with Gasteiger partial charge in [0.2, 0.25) is 5.91 Å². The van der Waals surface area contributed by atoms with E-state index in [1.807, 2.05) is 80.5 Å². The first-order valence-electron chi connectivity index (χ1n) is 10.3. The summed E-state index contributed by atoms with van der Waals surface area (Å²) in [6.07, 6.45) is 0.196. The van der Waals surface area contributed by atoms with Crippen LogP contribution in [0.3, 0.4) is 0 Å². The number of hydrogen-bond acceptors (Lipinski definition) is 5. The van der Waals surface area contributed by atoms with Crippen molar-refractivity contribution in [3.05, 3.63) is 65.7 Å². The minimum Gasteiger partial charge on any atom is -0.387 e. The molecule has 0 bridgehead atoms. The molecule has 2 atom stereocenters. The Hall–Kier alpha value is -2.96. The van der Waals surface area contributed by atoms with Crippen molar-refractivity contribution in [3.63, 3.8) is 0 Å². The number of fused-ring (bicyclic) bond motifs is 2. The number of hydrogen-bond donors (Lipinski definition) is 2. The molecule has 4 rings (SSSR count). The number of nitrogens with zero attached hydrogens (tertiary/aromatic N) is 3. The second-order valence-corrected chi connectivity index (χ2v) is 8.04. The highest BCUT2D eigenvalue weighted by Gasteiger charge is 2.26. The molecule has 0 saturated heterocycles. The molecule has 2 aromatic carbocycles. The number of benzene rings is 2. The number of aliphatic hydroxyl groups is 1. The van der Waals surface area contributed by atoms with Crippen molar-refractivity contribution in [1.29, 1.82) is 0 Å². The Kier molecular flexibility index (Phi) is 5.70. The number of para-hydroxylation sites is 1. The lowest BCUT2D eigenvalue weighted by molar-refractivity contribution is -0.117. The molecule has 0 fully saturated rings. The fourth-order valence-electron chi connectivity index (χ4n) is 4.04. The first kappa shape index (κ1) is 20.3. The smallest absolute Gasteiger partial charge is 0.238 e. The molecule has 2 unspecified atom stereocenters. The number of rotatable bonds is 6. The summed E-state index contributed by atoms with van der Waals surface area (Å²) in [6.45, 7) is 3.01. The average molecular weight is 405 g/mol. The fourth-order valence-corrected chi connectivity index (χ4v) is 4.04. The van der Waals surface area contributed by atoms with Gasteiger partial charge in [-0.2, -0.15) is 0 Å². The van der Waals surface area contributed by atoms with E-state index >= 15 is 0 Å². The molecule has 156 valence electrons. The van der Waals surface area contributed by atoms with Gasteiger partial charge in [-0.25, -0.2) is 4.98 Å². The maximum Gasteiger partial charge on any atom is 0.238 e. The topological polar surface area (TPSA) is 68.7 Å². The van der Waals surface area contributed by atoms with Crippen molar-refractivity contribution in [1.82, 2.24) is 9.88 Å². The molecule has 0 aliphatic carbocycles. The molecular weight excluding hydrogens is 376 g/mol. The fraction of sp³-hybridized carbons (Fsp3) is 0.333. The summed E-state index contributed by atoms with van der Waals surface area (Å²) in [7, 11) is 3.89. The first-order valence-corrected chi connectivity index (χ1v) is 10.3. The summed E-state index contributed by atoms with van der Waals surface area (Å²) >= 11 is 0. The number of likely N-dealkylation sites (N-methyl/N-ethyl adjacent to an activating group) is 2. The minimum atomic E-state index is -0.663. The summed E-state index contributed by atoms with van der Waals surface area (Å²) in [4.78, 5) is 21.7. The van der Waals surface area contributed by atoms with E-state index in [2.05, 4.69) is 10.2 Å². The third-order valence-electron chi connectivity index (χ3n) is 5.98. The van der Waals surface area contributed by atoms with Crippen molar-refractivity contribution >= 4 is 28.3 Å². The highest BCUT2D eigenvalue weighted by atomic mass is 16.3. The van der Waals surface area contributed by atoms with Gasteiger partial charge in [0, 0.05) is 30.6 Å². The zero-order valence-electron chi connectivity index (χ0n) is 17.7. The Labute approximate surface area is 177 Å². The van der Waals surface area contributed by atoms with Crippen LogP contribution in [0, 0.1) is 0 Å². The maximum absolute atomic E-state index is 12.9. The molecule has 30 heavy (non-hydrogen) atoms. The molecule has 0 spiro atoms. The number of aliphatic hydroxyl groups excluding tert-OH is 1. The normalized spacial score (nSPS) is 15.3. The van der Waals surface area contributed by atoms with Gasteiger partial charge >= 0.3 is 0 Å². The highest BCUT2D eigenvalue weighted by molar-refractivity contribution is 6.04. The van der Waals surface area contributed by atoms with Gasteiger partial charge in [-0.05, 0) is 32.0 Å². The minimum absolute atomic E-state index is 0.0993. The van der Waals surface area contributed by atoms with Gasteiger partial charge < -0.3 is 15.3 Å². The molecule has 3 aromatic rings. The van der Waals surface area contributed by atoms with Crippen LogP contribution in [-0.4, -0.2) is 54.1 Å². The SMILES string of the molecule is CC(C(O)c1ccccc1)N(C)CC(=O)Nc1c2c(nc3ccccc13)N(C)CC2. The second kappa shape index (κ2) is 8.42. The van der Waals surface area contributed by atoms with Crippen LogP contribution in [0.4, 0.5) is 11.5 Å². The van der Waals surface area contributed by atoms with E-state index in [0.717, 1.165) is 46.5 Å². The summed E-state index contributed by atoms with van der Waals surface area (Å²) in [5, 5.41) is 14.8. The van der Waals surface area contributed by atoms with Gasteiger partial charge in [0.05, 0.1) is 23.9 Å². The number of amides is 1.